The molecule has 100 valence electrons. The molecule has 1 unspecified atom stereocenters. The first-order chi connectivity index (χ1) is 8.27. The van der Waals surface area contributed by atoms with Gasteiger partial charge in [-0.15, -0.1) is 0 Å². The second-order valence-corrected chi connectivity index (χ2v) is 4.00. The van der Waals surface area contributed by atoms with Crippen molar-refractivity contribution in [3.05, 3.63) is 0 Å². The van der Waals surface area contributed by atoms with Crippen LogP contribution in [0.4, 0.5) is 0 Å². The SMILES string of the molecule is CCOC(CNC(=O)C1CCCOC1)OCC. The lowest BCUT2D eigenvalue weighted by Crippen LogP contribution is -2.41. The van der Waals surface area contributed by atoms with Crippen molar-refractivity contribution in [3.63, 3.8) is 0 Å². The number of hydrogen-bond acceptors (Lipinski definition) is 4. The van der Waals surface area contributed by atoms with Crippen LogP contribution in [0.1, 0.15) is 26.7 Å². The number of amides is 1. The number of rotatable bonds is 7. The van der Waals surface area contributed by atoms with Crippen LogP contribution in [0, 0.1) is 5.92 Å². The second-order valence-electron chi connectivity index (χ2n) is 4.00. The minimum atomic E-state index is -0.349. The van der Waals surface area contributed by atoms with Crippen LogP contribution in [0.5, 0.6) is 0 Å². The van der Waals surface area contributed by atoms with Crippen molar-refractivity contribution in [1.82, 2.24) is 5.32 Å². The molecule has 1 N–H and O–H groups in total. The number of nitrogens with one attached hydrogen (secondary N) is 1. The Bertz CT molecular complexity index is 211. The van der Waals surface area contributed by atoms with Gasteiger partial charge in [-0.3, -0.25) is 4.79 Å². The summed E-state index contributed by atoms with van der Waals surface area (Å²) < 4.78 is 16.0. The summed E-state index contributed by atoms with van der Waals surface area (Å²) >= 11 is 0. The first-order valence-electron chi connectivity index (χ1n) is 6.36. The Kier molecular flexibility index (Phi) is 7.16. The van der Waals surface area contributed by atoms with Crippen molar-refractivity contribution >= 4 is 5.91 Å². The van der Waals surface area contributed by atoms with Crippen LogP contribution in [-0.4, -0.2) is 45.2 Å². The quantitative estimate of drug-likeness (QED) is 0.678. The molecule has 0 aromatic rings. The molecule has 1 aliphatic heterocycles. The topological polar surface area (TPSA) is 56.8 Å². The Morgan fingerprint density at radius 3 is 2.65 bits per heavy atom. The van der Waals surface area contributed by atoms with Gasteiger partial charge in [-0.2, -0.15) is 0 Å². The molecule has 1 saturated heterocycles. The van der Waals surface area contributed by atoms with E-state index in [1.165, 1.54) is 0 Å². The maximum absolute atomic E-state index is 11.8. The zero-order valence-corrected chi connectivity index (χ0v) is 10.7. The molecule has 1 aliphatic rings. The minimum Gasteiger partial charge on any atom is -0.381 e. The van der Waals surface area contributed by atoms with E-state index in [2.05, 4.69) is 5.32 Å². The standard InChI is InChI=1S/C12H23NO4/c1-3-16-11(17-4-2)8-13-12(14)10-6-5-7-15-9-10/h10-11H,3-9H2,1-2H3,(H,13,14). The van der Waals surface area contributed by atoms with Gasteiger partial charge in [0, 0.05) is 19.8 Å². The molecule has 5 heteroatoms. The van der Waals surface area contributed by atoms with Crippen LogP contribution < -0.4 is 5.32 Å². The fourth-order valence-electron chi connectivity index (χ4n) is 1.81. The van der Waals surface area contributed by atoms with Gasteiger partial charge in [-0.1, -0.05) is 0 Å². The largest absolute Gasteiger partial charge is 0.381 e. The fraction of sp³-hybridized carbons (Fsp3) is 0.917. The third kappa shape index (κ3) is 5.48. The average Bonchev–Trinajstić information content (AvgIpc) is 2.37. The van der Waals surface area contributed by atoms with Crippen molar-refractivity contribution in [3.8, 4) is 0 Å². The summed E-state index contributed by atoms with van der Waals surface area (Å²) in [6.07, 6.45) is 1.51. The number of carbonyl (C=O) groups excluding carboxylic acids is 1. The molecule has 1 heterocycles. The lowest BCUT2D eigenvalue weighted by molar-refractivity contribution is -0.144. The van der Waals surface area contributed by atoms with Gasteiger partial charge in [0.05, 0.1) is 19.1 Å². The van der Waals surface area contributed by atoms with E-state index in [-0.39, 0.29) is 18.1 Å². The van der Waals surface area contributed by atoms with Gasteiger partial charge >= 0.3 is 0 Å². The van der Waals surface area contributed by atoms with Crippen LogP contribution in [-0.2, 0) is 19.0 Å². The third-order valence-electron chi connectivity index (χ3n) is 2.68. The highest BCUT2D eigenvalue weighted by molar-refractivity contribution is 5.78. The van der Waals surface area contributed by atoms with Gasteiger partial charge in [-0.25, -0.2) is 0 Å². The summed E-state index contributed by atoms with van der Waals surface area (Å²) in [5.74, 6) is 0.0155. The molecule has 1 amide bonds. The smallest absolute Gasteiger partial charge is 0.225 e. The van der Waals surface area contributed by atoms with E-state index in [0.717, 1.165) is 19.4 Å². The normalized spacial score (nSPS) is 20.5. The van der Waals surface area contributed by atoms with Crippen molar-refractivity contribution < 1.29 is 19.0 Å². The van der Waals surface area contributed by atoms with E-state index in [9.17, 15) is 4.79 Å². The molecule has 0 aromatic heterocycles. The van der Waals surface area contributed by atoms with Gasteiger partial charge in [0.1, 0.15) is 0 Å². The molecule has 1 atom stereocenters. The van der Waals surface area contributed by atoms with Gasteiger partial charge in [0.15, 0.2) is 6.29 Å². The molecule has 0 saturated carbocycles. The number of ether oxygens (including phenoxy) is 3. The summed E-state index contributed by atoms with van der Waals surface area (Å²) in [4.78, 5) is 11.8. The molecule has 0 bridgehead atoms. The van der Waals surface area contributed by atoms with Crippen LogP contribution >= 0.6 is 0 Å². The highest BCUT2D eigenvalue weighted by atomic mass is 16.7. The molecule has 0 spiro atoms. The van der Waals surface area contributed by atoms with Gasteiger partial charge < -0.3 is 19.5 Å². The summed E-state index contributed by atoms with van der Waals surface area (Å²) in [5.41, 5.74) is 0. The second kappa shape index (κ2) is 8.44. The zero-order valence-electron chi connectivity index (χ0n) is 10.7. The Morgan fingerprint density at radius 2 is 2.12 bits per heavy atom. The summed E-state index contributed by atoms with van der Waals surface area (Å²) in [6, 6.07) is 0. The van der Waals surface area contributed by atoms with Gasteiger partial charge in [0.2, 0.25) is 5.91 Å². The van der Waals surface area contributed by atoms with E-state index in [0.29, 0.717) is 26.4 Å². The molecule has 17 heavy (non-hydrogen) atoms. The van der Waals surface area contributed by atoms with E-state index in [1.54, 1.807) is 0 Å². The van der Waals surface area contributed by atoms with Gasteiger partial charge in [-0.05, 0) is 26.7 Å². The number of carbonyl (C=O) groups is 1. The van der Waals surface area contributed by atoms with E-state index < -0.39 is 0 Å². The molecular weight excluding hydrogens is 222 g/mol. The molecule has 5 nitrogen and oxygen atoms in total. The van der Waals surface area contributed by atoms with E-state index in [4.69, 9.17) is 14.2 Å². The zero-order chi connectivity index (χ0) is 12.5. The maximum Gasteiger partial charge on any atom is 0.225 e. The summed E-state index contributed by atoms with van der Waals surface area (Å²) in [6.45, 7) is 6.66. The minimum absolute atomic E-state index is 0.0207. The fourth-order valence-corrected chi connectivity index (χ4v) is 1.81. The molecular formula is C12H23NO4. The van der Waals surface area contributed by atoms with Gasteiger partial charge in [0.25, 0.3) is 0 Å². The maximum atomic E-state index is 11.8. The van der Waals surface area contributed by atoms with E-state index >= 15 is 0 Å². The van der Waals surface area contributed by atoms with Crippen molar-refractivity contribution in [2.75, 3.05) is 33.0 Å². The predicted octanol–water partition coefficient (Wildman–Crippen LogP) is 0.928. The van der Waals surface area contributed by atoms with Crippen molar-refractivity contribution in [1.29, 1.82) is 0 Å². The molecule has 0 aliphatic carbocycles. The molecule has 1 rings (SSSR count). The lowest BCUT2D eigenvalue weighted by atomic mass is 10.0. The Morgan fingerprint density at radius 1 is 1.41 bits per heavy atom. The monoisotopic (exact) mass is 245 g/mol. The molecule has 1 fully saturated rings. The average molecular weight is 245 g/mol. The van der Waals surface area contributed by atoms with Crippen LogP contribution in [0.3, 0.4) is 0 Å². The number of hydrogen-bond donors (Lipinski definition) is 1. The first-order valence-corrected chi connectivity index (χ1v) is 6.36. The van der Waals surface area contributed by atoms with Crippen LogP contribution in [0.25, 0.3) is 0 Å². The lowest BCUT2D eigenvalue weighted by Gasteiger charge is -2.23. The van der Waals surface area contributed by atoms with Crippen LogP contribution in [0.2, 0.25) is 0 Å². The predicted molar refractivity (Wildman–Crippen MR) is 63.6 cm³/mol. The summed E-state index contributed by atoms with van der Waals surface area (Å²) in [7, 11) is 0. The first kappa shape index (κ1) is 14.4. The van der Waals surface area contributed by atoms with E-state index in [1.807, 2.05) is 13.8 Å². The highest BCUT2D eigenvalue weighted by Crippen LogP contribution is 2.13. The summed E-state index contributed by atoms with van der Waals surface area (Å²) in [5, 5.41) is 2.85. The third-order valence-corrected chi connectivity index (χ3v) is 2.68. The Labute approximate surface area is 103 Å². The van der Waals surface area contributed by atoms with Crippen molar-refractivity contribution in [2.24, 2.45) is 5.92 Å². The molecule has 0 radical (unpaired) electrons. The van der Waals surface area contributed by atoms with Crippen molar-refractivity contribution in [2.45, 2.75) is 33.0 Å². The van der Waals surface area contributed by atoms with Crippen LogP contribution in [0.15, 0.2) is 0 Å². The molecule has 0 aromatic carbocycles. The Balaban J connectivity index is 2.24. The Hall–Kier alpha value is -0.650. The highest BCUT2D eigenvalue weighted by Gasteiger charge is 2.22.